The minimum Gasteiger partial charge on any atom is -0.496 e. The summed E-state index contributed by atoms with van der Waals surface area (Å²) in [7, 11) is 1.63. The second-order valence-corrected chi connectivity index (χ2v) is 6.62. The molecule has 1 amide bonds. The maximum Gasteiger partial charge on any atom is 0.227 e. The van der Waals surface area contributed by atoms with Gasteiger partial charge in [-0.3, -0.25) is 4.79 Å². The van der Waals surface area contributed by atoms with E-state index in [1.54, 1.807) is 7.11 Å². The van der Waals surface area contributed by atoms with Crippen molar-refractivity contribution in [2.45, 2.75) is 32.2 Å². The van der Waals surface area contributed by atoms with E-state index in [9.17, 15) is 9.90 Å². The molecule has 1 aliphatic carbocycles. The Morgan fingerprint density at radius 3 is 2.78 bits per heavy atom. The van der Waals surface area contributed by atoms with Crippen LogP contribution < -0.4 is 10.1 Å². The molecule has 1 aromatic carbocycles. The van der Waals surface area contributed by atoms with Crippen LogP contribution in [0.15, 0.2) is 24.3 Å². The van der Waals surface area contributed by atoms with E-state index in [1.165, 1.54) is 0 Å². The third-order valence-corrected chi connectivity index (χ3v) is 5.59. The predicted molar refractivity (Wildman–Crippen MR) is 86.1 cm³/mol. The van der Waals surface area contributed by atoms with Gasteiger partial charge >= 0.3 is 0 Å². The van der Waals surface area contributed by atoms with E-state index in [-0.39, 0.29) is 17.9 Å². The number of carbonyl (C=O) groups excluding carboxylic acids is 1. The molecule has 1 heterocycles. The van der Waals surface area contributed by atoms with Gasteiger partial charge in [-0.2, -0.15) is 0 Å². The van der Waals surface area contributed by atoms with E-state index in [1.807, 2.05) is 24.3 Å². The van der Waals surface area contributed by atoms with E-state index < -0.39 is 5.41 Å². The zero-order valence-corrected chi connectivity index (χ0v) is 13.6. The summed E-state index contributed by atoms with van der Waals surface area (Å²) in [6.07, 6.45) is 3.22. The number of carbonyl (C=O) groups is 1. The number of para-hydroxylation sites is 1. The molecule has 5 heteroatoms. The molecule has 1 aliphatic heterocycles. The second-order valence-electron chi connectivity index (χ2n) is 6.62. The van der Waals surface area contributed by atoms with Crippen LogP contribution in [0.5, 0.6) is 5.75 Å². The fourth-order valence-corrected chi connectivity index (χ4v) is 4.12. The van der Waals surface area contributed by atoms with Crippen LogP contribution in [0.2, 0.25) is 0 Å². The summed E-state index contributed by atoms with van der Waals surface area (Å²) in [6.45, 7) is 1.92. The summed E-state index contributed by atoms with van der Waals surface area (Å²) in [5.41, 5.74) is 0.566. The standard InChI is InChI=1S/C18H25NO4/c1-22-15-5-3-2-4-14(15)12-19-16(21)18(6-9-20)13-17(18)7-10-23-11-8-17/h2-5,20H,6-13H2,1H3,(H,19,21). The van der Waals surface area contributed by atoms with Crippen molar-refractivity contribution >= 4 is 5.91 Å². The Balaban J connectivity index is 1.68. The third-order valence-electron chi connectivity index (χ3n) is 5.59. The molecule has 0 aromatic heterocycles. The lowest BCUT2D eigenvalue weighted by molar-refractivity contribution is -0.129. The highest BCUT2D eigenvalue weighted by molar-refractivity contribution is 5.87. The number of amides is 1. The maximum absolute atomic E-state index is 12.9. The van der Waals surface area contributed by atoms with Crippen LogP contribution in [-0.4, -0.2) is 37.9 Å². The molecule has 126 valence electrons. The van der Waals surface area contributed by atoms with Gasteiger partial charge in [-0.1, -0.05) is 18.2 Å². The molecule has 1 unspecified atom stereocenters. The third kappa shape index (κ3) is 2.83. The smallest absolute Gasteiger partial charge is 0.227 e. The van der Waals surface area contributed by atoms with Gasteiger partial charge in [-0.15, -0.1) is 0 Å². The first-order valence-electron chi connectivity index (χ1n) is 8.26. The van der Waals surface area contributed by atoms with Crippen molar-refractivity contribution in [2.75, 3.05) is 26.9 Å². The first kappa shape index (κ1) is 16.3. The summed E-state index contributed by atoms with van der Waals surface area (Å²) in [5, 5.41) is 12.5. The van der Waals surface area contributed by atoms with Gasteiger partial charge in [-0.05, 0) is 37.2 Å². The van der Waals surface area contributed by atoms with Crippen molar-refractivity contribution in [3.63, 3.8) is 0 Å². The van der Waals surface area contributed by atoms with E-state index in [0.29, 0.717) is 26.2 Å². The normalized spacial score (nSPS) is 25.1. The minimum atomic E-state index is -0.423. The summed E-state index contributed by atoms with van der Waals surface area (Å²) < 4.78 is 10.8. The Morgan fingerprint density at radius 2 is 2.09 bits per heavy atom. The van der Waals surface area contributed by atoms with Gasteiger partial charge in [0, 0.05) is 31.9 Å². The molecule has 0 bridgehead atoms. The lowest BCUT2D eigenvalue weighted by atomic mass is 9.83. The van der Waals surface area contributed by atoms with Crippen molar-refractivity contribution in [3.05, 3.63) is 29.8 Å². The van der Waals surface area contributed by atoms with Crippen LogP contribution in [0.3, 0.4) is 0 Å². The number of hydrogen-bond acceptors (Lipinski definition) is 4. The van der Waals surface area contributed by atoms with E-state index in [4.69, 9.17) is 9.47 Å². The van der Waals surface area contributed by atoms with Crippen molar-refractivity contribution in [3.8, 4) is 5.75 Å². The van der Waals surface area contributed by atoms with Crippen molar-refractivity contribution in [1.82, 2.24) is 5.32 Å². The molecule has 1 saturated carbocycles. The van der Waals surface area contributed by atoms with Crippen LogP contribution in [0.1, 0.15) is 31.2 Å². The van der Waals surface area contributed by atoms with E-state index in [2.05, 4.69) is 5.32 Å². The Hall–Kier alpha value is -1.59. The van der Waals surface area contributed by atoms with E-state index >= 15 is 0 Å². The summed E-state index contributed by atoms with van der Waals surface area (Å²) in [6, 6.07) is 7.69. The summed E-state index contributed by atoms with van der Waals surface area (Å²) in [5.74, 6) is 0.833. The van der Waals surface area contributed by atoms with Gasteiger partial charge in [0.2, 0.25) is 5.91 Å². The molecule has 1 atom stereocenters. The number of rotatable bonds is 6. The number of benzene rings is 1. The Morgan fingerprint density at radius 1 is 1.35 bits per heavy atom. The Bertz CT molecular complexity index is 568. The number of ether oxygens (including phenoxy) is 2. The highest BCUT2D eigenvalue weighted by Gasteiger charge is 2.70. The van der Waals surface area contributed by atoms with E-state index in [0.717, 1.165) is 30.6 Å². The number of hydrogen-bond donors (Lipinski definition) is 2. The lowest BCUT2D eigenvalue weighted by Gasteiger charge is -2.28. The van der Waals surface area contributed by atoms with Crippen LogP contribution >= 0.6 is 0 Å². The van der Waals surface area contributed by atoms with Crippen LogP contribution in [0.25, 0.3) is 0 Å². The highest BCUT2D eigenvalue weighted by Crippen LogP contribution is 2.70. The molecular weight excluding hydrogens is 294 g/mol. The fraction of sp³-hybridized carbons (Fsp3) is 0.611. The largest absolute Gasteiger partial charge is 0.496 e. The van der Waals surface area contributed by atoms with Gasteiger partial charge in [0.1, 0.15) is 5.75 Å². The van der Waals surface area contributed by atoms with Gasteiger partial charge in [-0.25, -0.2) is 0 Å². The fourth-order valence-electron chi connectivity index (χ4n) is 4.12. The average Bonchev–Trinajstić information content (AvgIpc) is 3.20. The Labute approximate surface area is 137 Å². The molecule has 1 spiro atoms. The van der Waals surface area contributed by atoms with Gasteiger partial charge < -0.3 is 19.9 Å². The Kier molecular flexibility index (Phi) is 4.60. The molecule has 0 radical (unpaired) electrons. The molecule has 1 aromatic rings. The molecule has 5 nitrogen and oxygen atoms in total. The summed E-state index contributed by atoms with van der Waals surface area (Å²) >= 11 is 0. The van der Waals surface area contributed by atoms with Crippen LogP contribution in [-0.2, 0) is 16.1 Å². The monoisotopic (exact) mass is 319 g/mol. The molecule has 1 saturated heterocycles. The first-order chi connectivity index (χ1) is 11.2. The van der Waals surface area contributed by atoms with Gasteiger partial charge in [0.15, 0.2) is 0 Å². The van der Waals surface area contributed by atoms with Crippen molar-refractivity contribution < 1.29 is 19.4 Å². The topological polar surface area (TPSA) is 67.8 Å². The lowest BCUT2D eigenvalue weighted by Crippen LogP contribution is -2.38. The number of aliphatic hydroxyl groups excluding tert-OH is 1. The maximum atomic E-state index is 12.9. The molecule has 2 fully saturated rings. The zero-order valence-electron chi connectivity index (χ0n) is 13.6. The quantitative estimate of drug-likeness (QED) is 0.840. The predicted octanol–water partition coefficient (Wildman–Crippen LogP) is 1.88. The molecule has 2 aliphatic rings. The molecule has 2 N–H and O–H groups in total. The second kappa shape index (κ2) is 6.49. The van der Waals surface area contributed by atoms with Crippen molar-refractivity contribution in [2.24, 2.45) is 10.8 Å². The molecular formula is C18H25NO4. The molecule has 3 rings (SSSR count). The first-order valence-corrected chi connectivity index (χ1v) is 8.26. The van der Waals surface area contributed by atoms with Crippen LogP contribution in [0.4, 0.5) is 0 Å². The average molecular weight is 319 g/mol. The number of methoxy groups -OCH3 is 1. The summed E-state index contributed by atoms with van der Waals surface area (Å²) in [4.78, 5) is 12.9. The number of nitrogens with one attached hydrogen (secondary N) is 1. The van der Waals surface area contributed by atoms with Crippen molar-refractivity contribution in [1.29, 1.82) is 0 Å². The molecule has 23 heavy (non-hydrogen) atoms. The van der Waals surface area contributed by atoms with Crippen LogP contribution in [0, 0.1) is 10.8 Å². The number of aliphatic hydroxyl groups is 1. The van der Waals surface area contributed by atoms with Gasteiger partial charge in [0.25, 0.3) is 0 Å². The van der Waals surface area contributed by atoms with Gasteiger partial charge in [0.05, 0.1) is 12.5 Å². The SMILES string of the molecule is COc1ccccc1CNC(=O)C1(CCO)CC12CCOCC2. The zero-order chi connectivity index (χ0) is 16.3. The minimum absolute atomic E-state index is 0.0266. The highest BCUT2D eigenvalue weighted by atomic mass is 16.5.